The number of benzene rings is 1. The maximum Gasteiger partial charge on any atom is 0.138 e. The molecule has 0 unspecified atom stereocenters. The lowest BCUT2D eigenvalue weighted by molar-refractivity contribution is 0.263. The molecule has 1 heterocycles. The lowest BCUT2D eigenvalue weighted by atomic mass is 10.3. The smallest absolute Gasteiger partial charge is 0.138 e. The standard InChI is InChI=1S/C9H8Cl2O2/c10-6-1-2-9(8(11)3-6)13-5-7-4-12-7/h1-3,7H,4-5H2/t7-/m0/s1. The van der Waals surface area contributed by atoms with E-state index in [1.807, 2.05) is 0 Å². The fourth-order valence-electron chi connectivity index (χ4n) is 0.939. The maximum absolute atomic E-state index is 5.88. The van der Waals surface area contributed by atoms with Gasteiger partial charge in [-0.2, -0.15) is 0 Å². The summed E-state index contributed by atoms with van der Waals surface area (Å²) in [5.74, 6) is 0.654. The Bertz CT molecular complexity index is 310. The first-order valence-electron chi connectivity index (χ1n) is 3.95. The molecular formula is C9H8Cl2O2. The van der Waals surface area contributed by atoms with Crippen molar-refractivity contribution in [3.63, 3.8) is 0 Å². The Hall–Kier alpha value is -0.440. The molecule has 1 aromatic rings. The van der Waals surface area contributed by atoms with E-state index in [9.17, 15) is 0 Å². The van der Waals surface area contributed by atoms with Gasteiger partial charge in [0.1, 0.15) is 18.5 Å². The van der Waals surface area contributed by atoms with Crippen LogP contribution < -0.4 is 4.74 Å². The summed E-state index contributed by atoms with van der Waals surface area (Å²) in [6.07, 6.45) is 0.242. The van der Waals surface area contributed by atoms with E-state index in [4.69, 9.17) is 32.7 Å². The van der Waals surface area contributed by atoms with Crippen LogP contribution >= 0.6 is 23.2 Å². The van der Waals surface area contributed by atoms with Crippen LogP contribution in [0.1, 0.15) is 0 Å². The van der Waals surface area contributed by atoms with E-state index in [1.54, 1.807) is 18.2 Å². The van der Waals surface area contributed by atoms with Gasteiger partial charge in [0.05, 0.1) is 11.6 Å². The Morgan fingerprint density at radius 1 is 1.46 bits per heavy atom. The second-order valence-corrected chi connectivity index (χ2v) is 3.68. The normalized spacial score (nSPS) is 20.0. The minimum absolute atomic E-state index is 0.242. The van der Waals surface area contributed by atoms with Gasteiger partial charge in [-0.1, -0.05) is 23.2 Å². The van der Waals surface area contributed by atoms with Crippen LogP contribution in [-0.2, 0) is 4.74 Å². The Balaban J connectivity index is 2.01. The monoisotopic (exact) mass is 218 g/mol. The molecule has 0 amide bonds. The molecular weight excluding hydrogens is 211 g/mol. The van der Waals surface area contributed by atoms with Crippen LogP contribution in [0, 0.1) is 0 Å². The van der Waals surface area contributed by atoms with Gasteiger partial charge < -0.3 is 9.47 Å². The molecule has 4 heteroatoms. The summed E-state index contributed by atoms with van der Waals surface area (Å²) in [7, 11) is 0. The van der Waals surface area contributed by atoms with Crippen molar-refractivity contribution < 1.29 is 9.47 Å². The Kier molecular flexibility index (Phi) is 2.63. The lowest BCUT2D eigenvalue weighted by Crippen LogP contribution is -2.04. The van der Waals surface area contributed by atoms with Crippen molar-refractivity contribution in [3.8, 4) is 5.75 Å². The number of rotatable bonds is 3. The molecule has 0 aromatic heterocycles. The van der Waals surface area contributed by atoms with Crippen LogP contribution in [0.15, 0.2) is 18.2 Å². The first-order valence-corrected chi connectivity index (χ1v) is 4.71. The first kappa shape index (κ1) is 9.13. The van der Waals surface area contributed by atoms with Gasteiger partial charge in [0.15, 0.2) is 0 Å². The predicted octanol–water partition coefficient (Wildman–Crippen LogP) is 2.77. The summed E-state index contributed by atoms with van der Waals surface area (Å²) in [6, 6.07) is 5.16. The molecule has 2 rings (SSSR count). The van der Waals surface area contributed by atoms with Crippen molar-refractivity contribution in [1.82, 2.24) is 0 Å². The molecule has 0 aliphatic carbocycles. The third kappa shape index (κ3) is 2.50. The number of hydrogen-bond acceptors (Lipinski definition) is 2. The summed E-state index contributed by atoms with van der Waals surface area (Å²) in [4.78, 5) is 0. The average molecular weight is 219 g/mol. The Morgan fingerprint density at radius 3 is 2.85 bits per heavy atom. The molecule has 13 heavy (non-hydrogen) atoms. The van der Waals surface area contributed by atoms with Gasteiger partial charge in [-0.05, 0) is 18.2 Å². The van der Waals surface area contributed by atoms with E-state index < -0.39 is 0 Å². The molecule has 1 aliphatic rings. The molecule has 1 aliphatic heterocycles. The van der Waals surface area contributed by atoms with E-state index >= 15 is 0 Å². The Morgan fingerprint density at radius 2 is 2.23 bits per heavy atom. The minimum Gasteiger partial charge on any atom is -0.489 e. The predicted molar refractivity (Wildman–Crippen MR) is 51.7 cm³/mol. The molecule has 0 N–H and O–H groups in total. The molecule has 0 radical (unpaired) electrons. The Labute approximate surface area is 86.4 Å². The lowest BCUT2D eigenvalue weighted by Gasteiger charge is -2.05. The molecule has 1 aromatic carbocycles. The summed E-state index contributed by atoms with van der Waals surface area (Å²) >= 11 is 11.6. The molecule has 1 saturated heterocycles. The highest BCUT2D eigenvalue weighted by molar-refractivity contribution is 6.35. The number of hydrogen-bond donors (Lipinski definition) is 0. The fraction of sp³-hybridized carbons (Fsp3) is 0.333. The third-order valence-corrected chi connectivity index (χ3v) is 2.25. The topological polar surface area (TPSA) is 21.8 Å². The molecule has 0 bridgehead atoms. The van der Waals surface area contributed by atoms with Crippen molar-refractivity contribution >= 4 is 23.2 Å². The fourth-order valence-corrected chi connectivity index (χ4v) is 1.40. The maximum atomic E-state index is 5.88. The van der Waals surface area contributed by atoms with E-state index in [1.165, 1.54) is 0 Å². The van der Waals surface area contributed by atoms with Gasteiger partial charge in [-0.15, -0.1) is 0 Å². The van der Waals surface area contributed by atoms with E-state index in [0.29, 0.717) is 22.4 Å². The molecule has 70 valence electrons. The minimum atomic E-state index is 0.242. The zero-order valence-corrected chi connectivity index (χ0v) is 8.31. The van der Waals surface area contributed by atoms with Crippen molar-refractivity contribution in [3.05, 3.63) is 28.2 Å². The largest absolute Gasteiger partial charge is 0.489 e. The van der Waals surface area contributed by atoms with E-state index in [2.05, 4.69) is 0 Å². The van der Waals surface area contributed by atoms with Gasteiger partial charge in [0.25, 0.3) is 0 Å². The summed E-state index contributed by atoms with van der Waals surface area (Å²) in [5, 5.41) is 1.15. The number of epoxide rings is 1. The van der Waals surface area contributed by atoms with Crippen LogP contribution in [0.2, 0.25) is 10.0 Å². The summed E-state index contributed by atoms with van der Waals surface area (Å²) < 4.78 is 10.4. The van der Waals surface area contributed by atoms with Crippen LogP contribution in [-0.4, -0.2) is 19.3 Å². The quantitative estimate of drug-likeness (QED) is 0.729. The molecule has 1 fully saturated rings. The molecule has 0 saturated carbocycles. The van der Waals surface area contributed by atoms with E-state index in [0.717, 1.165) is 6.61 Å². The number of ether oxygens (including phenoxy) is 2. The molecule has 0 spiro atoms. The highest BCUT2D eigenvalue weighted by atomic mass is 35.5. The first-order chi connectivity index (χ1) is 6.25. The van der Waals surface area contributed by atoms with Crippen molar-refractivity contribution in [2.75, 3.05) is 13.2 Å². The number of halogens is 2. The zero-order chi connectivity index (χ0) is 9.26. The third-order valence-electron chi connectivity index (χ3n) is 1.72. The van der Waals surface area contributed by atoms with Crippen molar-refractivity contribution in [1.29, 1.82) is 0 Å². The second kappa shape index (κ2) is 3.74. The summed E-state index contributed by atoms with van der Waals surface area (Å²) in [5.41, 5.74) is 0. The van der Waals surface area contributed by atoms with Crippen molar-refractivity contribution in [2.45, 2.75) is 6.10 Å². The van der Waals surface area contributed by atoms with Gasteiger partial charge in [-0.3, -0.25) is 0 Å². The van der Waals surface area contributed by atoms with Crippen LogP contribution in [0.3, 0.4) is 0 Å². The SMILES string of the molecule is Clc1ccc(OC[C@@H]2CO2)c(Cl)c1. The summed E-state index contributed by atoms with van der Waals surface area (Å²) in [6.45, 7) is 1.34. The van der Waals surface area contributed by atoms with Gasteiger partial charge in [-0.25, -0.2) is 0 Å². The highest BCUT2D eigenvalue weighted by Crippen LogP contribution is 2.28. The molecule has 2 nitrogen and oxygen atoms in total. The second-order valence-electron chi connectivity index (χ2n) is 2.84. The van der Waals surface area contributed by atoms with Gasteiger partial charge in [0.2, 0.25) is 0 Å². The van der Waals surface area contributed by atoms with E-state index in [-0.39, 0.29) is 6.10 Å². The average Bonchev–Trinajstić information content (AvgIpc) is 2.86. The zero-order valence-electron chi connectivity index (χ0n) is 6.80. The molecule has 1 atom stereocenters. The highest BCUT2D eigenvalue weighted by Gasteiger charge is 2.23. The van der Waals surface area contributed by atoms with Gasteiger partial charge in [0, 0.05) is 5.02 Å². The van der Waals surface area contributed by atoms with Crippen LogP contribution in [0.25, 0.3) is 0 Å². The van der Waals surface area contributed by atoms with Gasteiger partial charge >= 0.3 is 0 Å². The van der Waals surface area contributed by atoms with Crippen LogP contribution in [0.4, 0.5) is 0 Å². The van der Waals surface area contributed by atoms with Crippen molar-refractivity contribution in [2.24, 2.45) is 0 Å². The van der Waals surface area contributed by atoms with Crippen LogP contribution in [0.5, 0.6) is 5.75 Å².